The third kappa shape index (κ3) is 26.2. The topological polar surface area (TPSA) is 116 Å². The van der Waals surface area contributed by atoms with Crippen LogP contribution in [0, 0.1) is 0 Å². The maximum atomic E-state index is 9.78. The fourth-order valence-electron chi connectivity index (χ4n) is 0.157. The summed E-state index contributed by atoms with van der Waals surface area (Å²) in [5.41, 5.74) is 0. The molecule has 0 aliphatic carbocycles. The molecule has 0 N–H and O–H groups in total. The molecule has 0 amide bonds. The van der Waals surface area contributed by atoms with Gasteiger partial charge >= 0.3 is 247 Å². The van der Waals surface area contributed by atoms with E-state index in [1.807, 2.05) is 0 Å². The van der Waals surface area contributed by atoms with E-state index in [1.165, 1.54) is 0 Å². The number of hydrogen-bond acceptors (Lipinski definition) is 7. The minimum absolute atomic E-state index is 0. The zero-order chi connectivity index (χ0) is 8.15. The molecule has 0 aromatic carbocycles. The smallest absolute Gasteiger partial charge is 1.00 e. The second kappa shape index (κ2) is 20.9. The Morgan fingerprint density at radius 1 is 0.857 bits per heavy atom. The van der Waals surface area contributed by atoms with Gasteiger partial charge in [0, 0.05) is 0 Å². The Balaban J connectivity index is -0.0000000270. The van der Waals surface area contributed by atoms with Crippen LogP contribution < -0.4 is 251 Å². The van der Waals surface area contributed by atoms with E-state index in [9.17, 15) is 24.6 Å². The fourth-order valence-corrected chi connectivity index (χ4v) is 0.157. The van der Waals surface area contributed by atoms with E-state index in [-0.39, 0.29) is 243 Å². The molecule has 0 rings (SSSR count). The van der Waals surface area contributed by atoms with Gasteiger partial charge in [-0.3, -0.25) is 0 Å². The van der Waals surface area contributed by atoms with Crippen molar-refractivity contribution in [3.63, 3.8) is 0 Å². The van der Waals surface area contributed by atoms with E-state index in [0.717, 1.165) is 0 Å². The molecule has 0 bridgehead atoms. The quantitative estimate of drug-likeness (QED) is 0.187. The van der Waals surface area contributed by atoms with Crippen molar-refractivity contribution in [2.75, 3.05) is 0 Å². The summed E-state index contributed by atoms with van der Waals surface area (Å²) in [6, 6.07) is 0. The summed E-state index contributed by atoms with van der Waals surface area (Å²) in [4.78, 5) is 28.5. The zero-order valence-electron chi connectivity index (χ0n) is 10.4. The van der Waals surface area contributed by atoms with Crippen LogP contribution in [0.15, 0.2) is 0 Å². The molecule has 0 saturated heterocycles. The summed E-state index contributed by atoms with van der Waals surface area (Å²) in [6.45, 7) is 0. The minimum Gasteiger partial charge on any atom is -1.00 e. The van der Waals surface area contributed by atoms with Crippen molar-refractivity contribution < 1.29 is 277 Å². The first-order valence-electron chi connectivity index (χ1n) is 1.84. The maximum absolute atomic E-state index is 9.78. The van der Waals surface area contributed by atoms with Crippen molar-refractivity contribution in [3.8, 4) is 0 Å². The van der Waals surface area contributed by atoms with Gasteiger partial charge in [0.25, 0.3) is 12.3 Å². The molecular weight excluding hydrogens is 492 g/mol. The molecule has 0 atom stereocenters. The van der Waals surface area contributed by atoms with Gasteiger partial charge < -0.3 is 32.1 Å². The van der Waals surface area contributed by atoms with Crippen LogP contribution in [0.2, 0.25) is 0 Å². The molecule has 0 aromatic heterocycles. The molecule has 0 saturated carbocycles. The molecular formula is C3H2Cs2K2O7. The molecule has 0 heterocycles. The Bertz CT molecular complexity index is 176. The molecule has 0 radical (unpaired) electrons. The maximum Gasteiger partial charge on any atom is 1.00 e. The van der Waals surface area contributed by atoms with E-state index < -0.39 is 18.5 Å². The van der Waals surface area contributed by atoms with Gasteiger partial charge in [0.15, 0.2) is 0 Å². The van der Waals surface area contributed by atoms with Gasteiger partial charge in [-0.15, -0.1) is 0 Å². The van der Waals surface area contributed by atoms with E-state index >= 15 is 0 Å². The second-order valence-corrected chi connectivity index (χ2v) is 0.954. The van der Waals surface area contributed by atoms with E-state index in [4.69, 9.17) is 0 Å². The average Bonchev–Trinajstić information content (AvgIpc) is 1.58. The monoisotopic (exact) mass is 494 g/mol. The van der Waals surface area contributed by atoms with Crippen LogP contribution in [0.25, 0.3) is 0 Å². The van der Waals surface area contributed by atoms with Crippen molar-refractivity contribution in [2.24, 2.45) is 0 Å². The van der Waals surface area contributed by atoms with Gasteiger partial charge in [0.05, 0.1) is 0 Å². The molecule has 14 heavy (non-hydrogen) atoms. The fraction of sp³-hybridized carbons (Fsp3) is 0. The van der Waals surface area contributed by atoms with Gasteiger partial charge in [0.2, 0.25) is 0 Å². The Kier molecular flexibility index (Phi) is 47.5. The van der Waals surface area contributed by atoms with E-state index in [0.29, 0.717) is 0 Å². The summed E-state index contributed by atoms with van der Waals surface area (Å²) in [6.07, 6.45) is -6.32. The molecule has 11 heteroatoms. The summed E-state index contributed by atoms with van der Waals surface area (Å²) < 4.78 is 6.17. The molecule has 0 aliphatic rings. The Labute approximate surface area is 285 Å². The molecule has 60 valence electrons. The van der Waals surface area contributed by atoms with Crippen molar-refractivity contribution in [2.45, 2.75) is 0 Å². The molecule has 0 aromatic rings. The van der Waals surface area contributed by atoms with Gasteiger partial charge in [-0.1, -0.05) is 0 Å². The summed E-state index contributed by atoms with van der Waals surface area (Å²) in [5.74, 6) is 0. The predicted molar refractivity (Wildman–Crippen MR) is 20.6 cm³/mol. The minimum atomic E-state index is -2.20. The van der Waals surface area contributed by atoms with Crippen molar-refractivity contribution >= 4 is 18.5 Å². The third-order valence-corrected chi connectivity index (χ3v) is 0.333. The van der Waals surface area contributed by atoms with Crippen molar-refractivity contribution in [1.29, 1.82) is 0 Å². The van der Waals surface area contributed by atoms with Gasteiger partial charge in [-0.2, -0.15) is 0 Å². The number of carbonyl (C=O) groups is 3. The van der Waals surface area contributed by atoms with E-state index in [1.54, 1.807) is 0 Å². The largest absolute Gasteiger partial charge is 1.00 e. The van der Waals surface area contributed by atoms with E-state index in [2.05, 4.69) is 9.47 Å². The van der Waals surface area contributed by atoms with Gasteiger partial charge in [-0.05, 0) is 0 Å². The van der Waals surface area contributed by atoms with Crippen LogP contribution in [-0.4, -0.2) is 18.5 Å². The van der Waals surface area contributed by atoms with Crippen molar-refractivity contribution in [3.05, 3.63) is 0 Å². The van der Waals surface area contributed by atoms with Crippen LogP contribution in [0.1, 0.15) is 2.85 Å². The Hall–Kier alpha value is 5.59. The van der Waals surface area contributed by atoms with Crippen LogP contribution in [0.5, 0.6) is 0 Å². The predicted octanol–water partition coefficient (Wildman–Crippen LogP) is -13.9. The molecule has 0 fully saturated rings. The van der Waals surface area contributed by atoms with Crippen molar-refractivity contribution in [1.82, 2.24) is 0 Å². The average molecular weight is 494 g/mol. The Morgan fingerprint density at radius 3 is 1.21 bits per heavy atom. The summed E-state index contributed by atoms with van der Waals surface area (Å²) in [5, 5.41) is 18.7. The molecule has 0 unspecified atom stereocenters. The molecule has 0 spiro atoms. The Morgan fingerprint density at radius 2 is 1.07 bits per heavy atom. The zero-order valence-corrected chi connectivity index (χ0v) is 27.2. The number of carboxylic acid groups (broad SMARTS) is 2. The number of ether oxygens (including phenoxy) is 2. The van der Waals surface area contributed by atoms with Crippen LogP contribution in [-0.2, 0) is 9.47 Å². The second-order valence-electron chi connectivity index (χ2n) is 0.954. The SMILES string of the molecule is O=C([O-])OC(=O)OC(=O)[O-].[Cs+].[Cs+].[H-].[H-].[K+].[K+]. The van der Waals surface area contributed by atoms with Gasteiger partial charge in [0.1, 0.15) is 0 Å². The van der Waals surface area contributed by atoms with Crippen LogP contribution >= 0.6 is 0 Å². The normalized spacial score (nSPS) is 5.71. The third-order valence-electron chi connectivity index (χ3n) is 0.333. The number of rotatable bonds is 0. The number of carbonyl (C=O) groups excluding carboxylic acids is 3. The molecule has 0 aliphatic heterocycles. The molecule has 7 nitrogen and oxygen atoms in total. The standard InChI is InChI=1S/C3H2O7.2Cs.2K.2H/c4-1(5)9-3(8)10-2(6)7;;;;;;/h(H,4,5)(H,6,7);;;;;;/q;4*+1;2*-1/p-2. The number of hydrogen-bond donors (Lipinski definition) is 0. The first kappa shape index (κ1) is 31.8. The first-order valence-corrected chi connectivity index (χ1v) is 1.84. The summed E-state index contributed by atoms with van der Waals surface area (Å²) in [7, 11) is 0. The first-order chi connectivity index (χ1) is 4.52. The van der Waals surface area contributed by atoms with Crippen LogP contribution in [0.4, 0.5) is 14.4 Å². The van der Waals surface area contributed by atoms with Gasteiger partial charge in [-0.25, -0.2) is 4.79 Å². The van der Waals surface area contributed by atoms with Crippen LogP contribution in [0.3, 0.4) is 0 Å². The summed E-state index contributed by atoms with van der Waals surface area (Å²) >= 11 is 0.